The number of hydrogen-bond acceptors (Lipinski definition) is 3. The van der Waals surface area contributed by atoms with E-state index in [-0.39, 0.29) is 43.3 Å². The molecular formula is C58H87O3P. The summed E-state index contributed by atoms with van der Waals surface area (Å²) in [5.74, 6) is 0. The van der Waals surface area contributed by atoms with Crippen LogP contribution in [-0.2, 0) is 56.9 Å². The van der Waals surface area contributed by atoms with Crippen LogP contribution < -0.4 is 0 Å². The van der Waals surface area contributed by atoms with Gasteiger partial charge in [0.2, 0.25) is 0 Å². The Morgan fingerprint density at radius 1 is 0.306 bits per heavy atom. The lowest BCUT2D eigenvalue weighted by atomic mass is 9.74. The van der Waals surface area contributed by atoms with Crippen LogP contribution in [0.5, 0.6) is 0 Å². The minimum atomic E-state index is -3.22. The van der Waals surface area contributed by atoms with Crippen molar-refractivity contribution in [3.05, 3.63) is 140 Å². The monoisotopic (exact) mass is 863 g/mol. The zero-order chi connectivity index (χ0) is 47.6. The highest BCUT2D eigenvalue weighted by atomic mass is 31.1. The summed E-state index contributed by atoms with van der Waals surface area (Å²) in [5, 5.41) is 0. The van der Waals surface area contributed by atoms with Crippen molar-refractivity contribution in [2.45, 2.75) is 222 Å². The molecule has 0 amide bonds. The Balaban J connectivity index is 2.10. The van der Waals surface area contributed by atoms with Crippen molar-refractivity contribution < 1.29 is 13.6 Å². The first-order valence-electron chi connectivity index (χ1n) is 23.2. The zero-order valence-corrected chi connectivity index (χ0v) is 44.8. The SMILES string of the molecule is CC(C)(C)c1ccc(C(O[PH](=O)OC(c2ccc(C(C)(C)C)cc2C(C)(C)C)c2ccc(C(C)(C)C)cc2C(C)(C)C)c2ccc(C(C)(C)C)cc2C(C)(C)C)c(C(C)(C)C)c1. The lowest BCUT2D eigenvalue weighted by molar-refractivity contribution is 0.159. The fourth-order valence-electron chi connectivity index (χ4n) is 8.41. The van der Waals surface area contributed by atoms with E-state index >= 15 is 4.57 Å². The highest BCUT2D eigenvalue weighted by molar-refractivity contribution is 7.33. The molecule has 0 aromatic heterocycles. The van der Waals surface area contributed by atoms with Gasteiger partial charge in [0, 0.05) is 0 Å². The van der Waals surface area contributed by atoms with Crippen molar-refractivity contribution in [1.82, 2.24) is 0 Å². The van der Waals surface area contributed by atoms with Gasteiger partial charge in [-0.2, -0.15) is 0 Å². The number of rotatable bonds is 8. The minimum Gasteiger partial charge on any atom is -0.298 e. The van der Waals surface area contributed by atoms with E-state index in [1.165, 1.54) is 44.5 Å². The molecule has 4 heteroatoms. The molecule has 0 N–H and O–H groups in total. The second kappa shape index (κ2) is 17.4. The van der Waals surface area contributed by atoms with E-state index in [9.17, 15) is 0 Å². The summed E-state index contributed by atoms with van der Waals surface area (Å²) in [5.41, 5.74) is 12.7. The third-order valence-corrected chi connectivity index (χ3v) is 13.3. The van der Waals surface area contributed by atoms with Crippen molar-refractivity contribution >= 4 is 8.25 Å². The van der Waals surface area contributed by atoms with Gasteiger partial charge < -0.3 is 0 Å². The Bertz CT molecular complexity index is 1920. The Kier molecular flexibility index (Phi) is 14.5. The fourth-order valence-corrected chi connectivity index (χ4v) is 9.36. The van der Waals surface area contributed by atoms with Gasteiger partial charge in [-0.05, 0) is 110 Å². The third kappa shape index (κ3) is 12.2. The van der Waals surface area contributed by atoms with Gasteiger partial charge in [0.05, 0.1) is 0 Å². The maximum Gasteiger partial charge on any atom is 0.320 e. The molecule has 0 radical (unpaired) electrons. The summed E-state index contributed by atoms with van der Waals surface area (Å²) in [7, 11) is -3.22. The number of benzene rings is 4. The van der Waals surface area contributed by atoms with Gasteiger partial charge >= 0.3 is 8.25 Å². The van der Waals surface area contributed by atoms with Gasteiger partial charge in [-0.25, -0.2) is 0 Å². The summed E-state index contributed by atoms with van der Waals surface area (Å²) >= 11 is 0. The maximum absolute atomic E-state index is 15.4. The molecule has 0 fully saturated rings. The van der Waals surface area contributed by atoms with Crippen molar-refractivity contribution in [2.75, 3.05) is 0 Å². The first-order valence-corrected chi connectivity index (χ1v) is 24.4. The Labute approximate surface area is 381 Å². The first-order chi connectivity index (χ1) is 27.7. The highest BCUT2D eigenvalue weighted by Gasteiger charge is 2.36. The lowest BCUT2D eigenvalue weighted by Gasteiger charge is -2.35. The second-order valence-electron chi connectivity index (χ2n) is 26.5. The summed E-state index contributed by atoms with van der Waals surface area (Å²) in [4.78, 5) is 0. The van der Waals surface area contributed by atoms with Crippen LogP contribution in [-0.4, -0.2) is 0 Å². The highest BCUT2D eigenvalue weighted by Crippen LogP contribution is 2.51. The van der Waals surface area contributed by atoms with Crippen LogP contribution in [0.25, 0.3) is 0 Å². The fraction of sp³-hybridized carbons (Fsp3) is 0.586. The number of hydrogen-bond donors (Lipinski definition) is 0. The minimum absolute atomic E-state index is 0.0514. The van der Waals surface area contributed by atoms with Gasteiger partial charge in [0.1, 0.15) is 12.2 Å². The molecule has 4 aromatic carbocycles. The molecule has 3 nitrogen and oxygen atoms in total. The van der Waals surface area contributed by atoms with E-state index in [4.69, 9.17) is 9.05 Å². The van der Waals surface area contributed by atoms with Crippen LogP contribution >= 0.6 is 8.25 Å². The van der Waals surface area contributed by atoms with E-state index in [2.05, 4.69) is 239 Å². The standard InChI is InChI=1S/C58H87O3P/c1-51(2,3)37-25-29-41(45(33-37)55(13,14)15)49(42-30-26-38(52(4,5)6)34-46(42)56(16,17)18)60-62(59)61-50(43-31-27-39(53(7,8)9)35-47(43)57(19,20)21)44-32-28-40(54(10,11)12)36-48(44)58(22,23)24/h25-36,49-50,62H,1-24H3. The van der Waals surface area contributed by atoms with E-state index in [0.717, 1.165) is 22.3 Å². The average Bonchev–Trinajstić information content (AvgIpc) is 3.09. The smallest absolute Gasteiger partial charge is 0.298 e. The van der Waals surface area contributed by atoms with E-state index in [0.29, 0.717) is 0 Å². The van der Waals surface area contributed by atoms with Crippen LogP contribution in [0.3, 0.4) is 0 Å². The van der Waals surface area contributed by atoms with Gasteiger partial charge in [0.25, 0.3) is 0 Å². The van der Waals surface area contributed by atoms with Crippen molar-refractivity contribution in [1.29, 1.82) is 0 Å². The molecule has 0 aliphatic carbocycles. The second-order valence-corrected chi connectivity index (χ2v) is 27.4. The van der Waals surface area contributed by atoms with Crippen LogP contribution in [0.4, 0.5) is 0 Å². The summed E-state index contributed by atoms with van der Waals surface area (Å²) in [6.07, 6.45) is -1.30. The maximum atomic E-state index is 15.4. The lowest BCUT2D eigenvalue weighted by Crippen LogP contribution is -2.24. The quantitative estimate of drug-likeness (QED) is 0.166. The van der Waals surface area contributed by atoms with E-state index in [1.807, 2.05) is 0 Å². The van der Waals surface area contributed by atoms with Crippen LogP contribution in [0.15, 0.2) is 72.8 Å². The molecule has 0 saturated carbocycles. The molecule has 4 rings (SSSR count). The van der Waals surface area contributed by atoms with Crippen LogP contribution in [0.2, 0.25) is 0 Å². The Hall–Kier alpha value is -2.97. The summed E-state index contributed by atoms with van der Waals surface area (Å²) < 4.78 is 29.7. The van der Waals surface area contributed by atoms with Gasteiger partial charge in [0.15, 0.2) is 0 Å². The van der Waals surface area contributed by atoms with Crippen LogP contribution in [0, 0.1) is 0 Å². The molecule has 0 saturated heterocycles. The largest absolute Gasteiger partial charge is 0.320 e. The Morgan fingerprint density at radius 2 is 0.484 bits per heavy atom. The van der Waals surface area contributed by atoms with Crippen molar-refractivity contribution in [3.63, 3.8) is 0 Å². The van der Waals surface area contributed by atoms with Crippen molar-refractivity contribution in [2.24, 2.45) is 0 Å². The molecule has 342 valence electrons. The normalized spacial score (nSPS) is 14.1. The predicted molar refractivity (Wildman–Crippen MR) is 270 cm³/mol. The molecule has 0 unspecified atom stereocenters. The summed E-state index contributed by atoms with van der Waals surface area (Å²) in [6, 6.07) is 27.3. The Morgan fingerprint density at radius 3 is 0.629 bits per heavy atom. The van der Waals surface area contributed by atoms with Crippen LogP contribution in [0.1, 0.15) is 245 Å². The molecular weight excluding hydrogens is 776 g/mol. The summed E-state index contributed by atoms with van der Waals surface area (Å²) in [6.45, 7) is 54.3. The van der Waals surface area contributed by atoms with Gasteiger partial charge in [-0.15, -0.1) is 0 Å². The molecule has 0 spiro atoms. The molecule has 62 heavy (non-hydrogen) atoms. The van der Waals surface area contributed by atoms with Gasteiger partial charge in [-0.3, -0.25) is 13.6 Å². The van der Waals surface area contributed by atoms with E-state index < -0.39 is 20.5 Å². The zero-order valence-electron chi connectivity index (χ0n) is 43.8. The molecule has 0 heterocycles. The molecule has 0 aliphatic rings. The predicted octanol–water partition coefficient (Wildman–Crippen LogP) is 17.4. The molecule has 0 aliphatic heterocycles. The van der Waals surface area contributed by atoms with Crippen molar-refractivity contribution in [3.8, 4) is 0 Å². The topological polar surface area (TPSA) is 35.5 Å². The molecule has 4 aromatic rings. The first kappa shape index (κ1) is 51.7. The average molecular weight is 863 g/mol. The molecule has 0 atom stereocenters. The molecule has 0 bridgehead atoms. The van der Waals surface area contributed by atoms with E-state index in [1.54, 1.807) is 0 Å². The third-order valence-electron chi connectivity index (χ3n) is 12.5. The van der Waals surface area contributed by atoms with Gasteiger partial charge in [-0.1, -0.05) is 239 Å².